The fourth-order valence-electron chi connectivity index (χ4n) is 2.02. The number of Topliss-reactive ketones (excluding diaryl/α,β-unsaturated/α-hetero) is 1. The summed E-state index contributed by atoms with van der Waals surface area (Å²) in [5.74, 6) is -0.204. The van der Waals surface area contributed by atoms with Crippen molar-refractivity contribution in [1.82, 2.24) is 14.6 Å². The Morgan fingerprint density at radius 2 is 2.05 bits per heavy atom. The Hall–Kier alpha value is -2.11. The van der Waals surface area contributed by atoms with E-state index < -0.39 is 0 Å². The monoisotopic (exact) mass is 321 g/mol. The SMILES string of the molecule is CC(=O)c1cc2c(=O)[nH]c(-c3ccc(Cl)cc3Cl)cn2n1. The van der Waals surface area contributed by atoms with Crippen LogP contribution in [0.1, 0.15) is 17.4 Å². The summed E-state index contributed by atoms with van der Waals surface area (Å²) in [7, 11) is 0. The highest BCUT2D eigenvalue weighted by molar-refractivity contribution is 6.36. The van der Waals surface area contributed by atoms with Gasteiger partial charge in [0.2, 0.25) is 0 Å². The van der Waals surface area contributed by atoms with Crippen molar-refractivity contribution in [3.05, 3.63) is 56.6 Å². The summed E-state index contributed by atoms with van der Waals surface area (Å²) >= 11 is 12.0. The second-order valence-electron chi connectivity index (χ2n) is 4.54. The van der Waals surface area contributed by atoms with Gasteiger partial charge in [0.25, 0.3) is 5.56 Å². The van der Waals surface area contributed by atoms with Gasteiger partial charge in [0, 0.05) is 23.6 Å². The zero-order valence-corrected chi connectivity index (χ0v) is 12.4. The number of H-pyrrole nitrogens is 1. The number of hydrogen-bond donors (Lipinski definition) is 1. The average Bonchev–Trinajstić information content (AvgIpc) is 2.83. The van der Waals surface area contributed by atoms with Crippen molar-refractivity contribution in [1.29, 1.82) is 0 Å². The molecule has 0 aliphatic heterocycles. The molecule has 7 heteroatoms. The van der Waals surface area contributed by atoms with Crippen molar-refractivity contribution in [3.63, 3.8) is 0 Å². The van der Waals surface area contributed by atoms with Gasteiger partial charge >= 0.3 is 0 Å². The number of benzene rings is 1. The Morgan fingerprint density at radius 3 is 2.71 bits per heavy atom. The standard InChI is InChI=1S/C14H9Cl2N3O2/c1-7(20)11-5-13-14(21)17-12(6-19(13)18-11)9-3-2-8(15)4-10(9)16/h2-6H,1H3,(H,17,21). The predicted molar refractivity (Wildman–Crippen MR) is 81.3 cm³/mol. The maximum absolute atomic E-state index is 12.1. The van der Waals surface area contributed by atoms with Gasteiger partial charge in [0.1, 0.15) is 11.2 Å². The zero-order valence-electron chi connectivity index (χ0n) is 10.9. The van der Waals surface area contributed by atoms with Crippen molar-refractivity contribution in [3.8, 4) is 11.3 Å². The highest BCUT2D eigenvalue weighted by atomic mass is 35.5. The number of nitrogens with one attached hydrogen (secondary N) is 1. The second-order valence-corrected chi connectivity index (χ2v) is 5.38. The lowest BCUT2D eigenvalue weighted by molar-refractivity contribution is 0.101. The first-order valence-corrected chi connectivity index (χ1v) is 6.80. The van der Waals surface area contributed by atoms with E-state index in [9.17, 15) is 9.59 Å². The number of halogens is 2. The number of rotatable bonds is 2. The van der Waals surface area contributed by atoms with Crippen LogP contribution < -0.4 is 5.56 Å². The number of nitrogens with zero attached hydrogens (tertiary/aromatic N) is 2. The summed E-state index contributed by atoms with van der Waals surface area (Å²) in [6, 6.07) is 6.42. The van der Waals surface area contributed by atoms with E-state index in [0.717, 1.165) is 0 Å². The Morgan fingerprint density at radius 1 is 1.29 bits per heavy atom. The van der Waals surface area contributed by atoms with Crippen molar-refractivity contribution in [2.75, 3.05) is 0 Å². The van der Waals surface area contributed by atoms with E-state index in [4.69, 9.17) is 23.2 Å². The number of carbonyl (C=O) groups excluding carboxylic acids is 1. The Kier molecular flexibility index (Phi) is 3.31. The molecule has 0 fully saturated rings. The lowest BCUT2D eigenvalue weighted by atomic mass is 10.1. The summed E-state index contributed by atoms with van der Waals surface area (Å²) in [5, 5.41) is 5.00. The van der Waals surface area contributed by atoms with Crippen LogP contribution in [0.5, 0.6) is 0 Å². The normalized spacial score (nSPS) is 11.0. The highest BCUT2D eigenvalue weighted by Crippen LogP contribution is 2.28. The molecule has 0 saturated carbocycles. The maximum atomic E-state index is 12.1. The van der Waals surface area contributed by atoms with Gasteiger partial charge in [-0.25, -0.2) is 4.52 Å². The molecule has 0 aliphatic rings. The molecule has 0 aliphatic carbocycles. The Balaban J connectivity index is 2.24. The molecule has 0 saturated heterocycles. The average molecular weight is 322 g/mol. The van der Waals surface area contributed by atoms with Gasteiger partial charge in [-0.1, -0.05) is 23.2 Å². The third kappa shape index (κ3) is 2.46. The molecule has 3 aromatic rings. The minimum Gasteiger partial charge on any atom is -0.319 e. The van der Waals surface area contributed by atoms with E-state index in [1.165, 1.54) is 17.5 Å². The van der Waals surface area contributed by atoms with Gasteiger partial charge in [-0.2, -0.15) is 5.10 Å². The number of carbonyl (C=O) groups is 1. The van der Waals surface area contributed by atoms with Gasteiger partial charge in [0.05, 0.1) is 16.9 Å². The molecule has 2 heterocycles. The van der Waals surface area contributed by atoms with Crippen LogP contribution in [-0.4, -0.2) is 20.4 Å². The fourth-order valence-corrected chi connectivity index (χ4v) is 2.53. The van der Waals surface area contributed by atoms with Gasteiger partial charge in [0.15, 0.2) is 5.78 Å². The van der Waals surface area contributed by atoms with E-state index in [1.54, 1.807) is 24.4 Å². The van der Waals surface area contributed by atoms with Crippen LogP contribution in [0.3, 0.4) is 0 Å². The molecule has 3 rings (SSSR count). The third-order valence-corrected chi connectivity index (χ3v) is 3.60. The summed E-state index contributed by atoms with van der Waals surface area (Å²) in [5.41, 5.74) is 1.31. The van der Waals surface area contributed by atoms with Crippen LogP contribution in [0, 0.1) is 0 Å². The van der Waals surface area contributed by atoms with E-state index >= 15 is 0 Å². The van der Waals surface area contributed by atoms with Gasteiger partial charge in [-0.15, -0.1) is 0 Å². The van der Waals surface area contributed by atoms with Gasteiger partial charge in [-0.05, 0) is 18.2 Å². The van der Waals surface area contributed by atoms with E-state index in [1.807, 2.05) is 0 Å². The van der Waals surface area contributed by atoms with Crippen LogP contribution in [0.25, 0.3) is 16.8 Å². The molecular formula is C14H9Cl2N3O2. The van der Waals surface area contributed by atoms with Crippen LogP contribution in [0.2, 0.25) is 10.0 Å². The van der Waals surface area contributed by atoms with Crippen LogP contribution in [0.4, 0.5) is 0 Å². The summed E-state index contributed by atoms with van der Waals surface area (Å²) < 4.78 is 1.37. The number of fused-ring (bicyclic) bond motifs is 1. The highest BCUT2D eigenvalue weighted by Gasteiger charge is 2.12. The topological polar surface area (TPSA) is 67.2 Å². The molecule has 0 amide bonds. The molecule has 0 radical (unpaired) electrons. The second kappa shape index (κ2) is 5.02. The lowest BCUT2D eigenvalue weighted by Gasteiger charge is -2.05. The third-order valence-electron chi connectivity index (χ3n) is 3.05. The molecule has 1 N–H and O–H groups in total. The van der Waals surface area contributed by atoms with Crippen LogP contribution in [0.15, 0.2) is 35.3 Å². The molecule has 21 heavy (non-hydrogen) atoms. The van der Waals surface area contributed by atoms with Crippen molar-refractivity contribution in [2.24, 2.45) is 0 Å². The molecule has 106 valence electrons. The minimum atomic E-state index is -0.349. The molecular weight excluding hydrogens is 313 g/mol. The summed E-state index contributed by atoms with van der Waals surface area (Å²) in [6.07, 6.45) is 1.61. The molecule has 0 spiro atoms. The Labute approximate surface area is 129 Å². The number of ketones is 1. The lowest BCUT2D eigenvalue weighted by Crippen LogP contribution is -2.10. The first-order valence-electron chi connectivity index (χ1n) is 6.05. The van der Waals surface area contributed by atoms with Gasteiger partial charge in [-0.3, -0.25) is 9.59 Å². The number of aromatic amines is 1. The molecule has 0 bridgehead atoms. The summed E-state index contributed by atoms with van der Waals surface area (Å²) in [6.45, 7) is 1.40. The van der Waals surface area contributed by atoms with Crippen molar-refractivity contribution < 1.29 is 4.79 Å². The number of aromatic nitrogens is 3. The summed E-state index contributed by atoms with van der Waals surface area (Å²) in [4.78, 5) is 26.2. The van der Waals surface area contributed by atoms with E-state index in [-0.39, 0.29) is 17.0 Å². The van der Waals surface area contributed by atoms with E-state index in [2.05, 4.69) is 10.1 Å². The van der Waals surface area contributed by atoms with Crippen molar-refractivity contribution >= 4 is 34.5 Å². The molecule has 2 aromatic heterocycles. The quantitative estimate of drug-likeness (QED) is 0.737. The molecule has 1 aromatic carbocycles. The molecule has 5 nitrogen and oxygen atoms in total. The minimum absolute atomic E-state index is 0.204. The smallest absolute Gasteiger partial charge is 0.274 e. The molecule has 0 unspecified atom stereocenters. The number of hydrogen-bond acceptors (Lipinski definition) is 3. The van der Waals surface area contributed by atoms with Crippen LogP contribution in [-0.2, 0) is 0 Å². The first-order chi connectivity index (χ1) is 9.95. The van der Waals surface area contributed by atoms with E-state index in [0.29, 0.717) is 26.8 Å². The first kappa shape index (κ1) is 13.9. The maximum Gasteiger partial charge on any atom is 0.274 e. The van der Waals surface area contributed by atoms with Crippen molar-refractivity contribution in [2.45, 2.75) is 6.92 Å². The fraction of sp³-hybridized carbons (Fsp3) is 0.0714. The van der Waals surface area contributed by atoms with Gasteiger partial charge < -0.3 is 4.98 Å². The molecule has 0 atom stereocenters. The van der Waals surface area contributed by atoms with Crippen LogP contribution >= 0.6 is 23.2 Å². The Bertz CT molecular complexity index is 928. The zero-order chi connectivity index (χ0) is 15.1. The largest absolute Gasteiger partial charge is 0.319 e. The predicted octanol–water partition coefficient (Wildman–Crippen LogP) is 3.20.